The average molecular weight is 483 g/mol. The van der Waals surface area contributed by atoms with E-state index < -0.39 is 5.41 Å². The van der Waals surface area contributed by atoms with Crippen molar-refractivity contribution in [3.05, 3.63) is 11.8 Å². The molecule has 0 radical (unpaired) electrons. The molecule has 8 atom stereocenters. The van der Waals surface area contributed by atoms with E-state index in [9.17, 15) is 14.7 Å². The Hall–Kier alpha value is -1.12. The molecule has 5 rings (SSSR count). The zero-order valence-electron chi connectivity index (χ0n) is 23.7. The van der Waals surface area contributed by atoms with E-state index >= 15 is 0 Å². The first kappa shape index (κ1) is 25.5. The lowest BCUT2D eigenvalue weighted by Crippen LogP contribution is -2.69. The summed E-state index contributed by atoms with van der Waals surface area (Å²) in [6, 6.07) is 0. The van der Waals surface area contributed by atoms with Crippen LogP contribution in [0.4, 0.5) is 0 Å². The van der Waals surface area contributed by atoms with Gasteiger partial charge in [-0.15, -0.1) is 0 Å². The lowest BCUT2D eigenvalue weighted by Gasteiger charge is -2.72. The van der Waals surface area contributed by atoms with Crippen molar-refractivity contribution in [2.75, 3.05) is 0 Å². The maximum atomic E-state index is 14.4. The van der Waals surface area contributed by atoms with Gasteiger partial charge in [-0.2, -0.15) is 0 Å². The molecule has 35 heavy (non-hydrogen) atoms. The molecule has 0 spiro atoms. The number of carbonyl (C=O) groups is 2. The number of hydrogen-bond donors (Lipinski definition) is 1. The fraction of sp³-hybridized carbons (Fsp3) is 0.875. The largest absolute Gasteiger partial charge is 0.515 e. The summed E-state index contributed by atoms with van der Waals surface area (Å²) < 4.78 is 0. The summed E-state index contributed by atoms with van der Waals surface area (Å²) in [6.07, 6.45) is 11.9. The maximum absolute atomic E-state index is 14.4. The molecule has 0 aromatic heterocycles. The van der Waals surface area contributed by atoms with Gasteiger partial charge in [0.25, 0.3) is 0 Å². The summed E-state index contributed by atoms with van der Waals surface area (Å²) in [6.45, 7) is 18.8. The van der Waals surface area contributed by atoms with E-state index in [2.05, 4.69) is 55.4 Å². The quantitative estimate of drug-likeness (QED) is 0.303. The molecule has 5 aliphatic rings. The molecule has 2 unspecified atom stereocenters. The number of aliphatic hydroxyl groups is 1. The number of fused-ring (bicyclic) bond motifs is 7. The fourth-order valence-corrected chi connectivity index (χ4v) is 11.4. The van der Waals surface area contributed by atoms with Crippen molar-refractivity contribution >= 4 is 11.6 Å². The van der Waals surface area contributed by atoms with E-state index in [0.29, 0.717) is 40.9 Å². The summed E-state index contributed by atoms with van der Waals surface area (Å²) in [4.78, 5) is 27.7. The standard InChI is InChI=1S/C32H50O3/c1-9-32-14-12-27(2,3)18-21(32)25-22(34)16-24-29(6)17-20(19-33)26(35)28(4,5)23(29)10-11-30(24,7)31(25,8)13-15-32/h19,21,23-25,33H,9-18H2,1-8H3/t21?,23-,24+,25?,29-,30+,31+,32+/m0/s1. The van der Waals surface area contributed by atoms with E-state index in [1.807, 2.05) is 0 Å². The number of allylic oxidation sites excluding steroid dienone is 1. The van der Waals surface area contributed by atoms with E-state index in [-0.39, 0.29) is 39.8 Å². The minimum Gasteiger partial charge on any atom is -0.515 e. The number of aliphatic hydroxyl groups excluding tert-OH is 1. The summed E-state index contributed by atoms with van der Waals surface area (Å²) >= 11 is 0. The molecule has 3 nitrogen and oxygen atoms in total. The van der Waals surface area contributed by atoms with E-state index in [1.165, 1.54) is 32.1 Å². The van der Waals surface area contributed by atoms with Gasteiger partial charge < -0.3 is 5.11 Å². The topological polar surface area (TPSA) is 54.4 Å². The first-order valence-electron chi connectivity index (χ1n) is 14.5. The Labute approximate surface area is 213 Å². The second-order valence-electron chi connectivity index (χ2n) is 15.7. The van der Waals surface area contributed by atoms with Crippen molar-refractivity contribution < 1.29 is 14.7 Å². The van der Waals surface area contributed by atoms with Crippen molar-refractivity contribution in [2.45, 2.75) is 120 Å². The Bertz CT molecular complexity index is 973. The Morgan fingerprint density at radius 1 is 0.886 bits per heavy atom. The second kappa shape index (κ2) is 7.47. The van der Waals surface area contributed by atoms with Crippen LogP contribution in [0.15, 0.2) is 11.8 Å². The van der Waals surface area contributed by atoms with E-state index in [1.54, 1.807) is 0 Å². The number of carbonyl (C=O) groups excluding carboxylic acids is 2. The van der Waals surface area contributed by atoms with Crippen LogP contribution >= 0.6 is 0 Å². The number of hydrogen-bond acceptors (Lipinski definition) is 3. The Balaban J connectivity index is 1.61. The van der Waals surface area contributed by atoms with E-state index in [4.69, 9.17) is 0 Å². The molecule has 5 fully saturated rings. The fourth-order valence-electron chi connectivity index (χ4n) is 11.4. The van der Waals surface area contributed by atoms with Crippen LogP contribution in [0.3, 0.4) is 0 Å². The third kappa shape index (κ3) is 3.08. The maximum Gasteiger partial charge on any atom is 0.167 e. The molecule has 5 saturated carbocycles. The van der Waals surface area contributed by atoms with Crippen LogP contribution in [0, 0.1) is 56.2 Å². The highest BCUT2D eigenvalue weighted by Gasteiger charge is 2.72. The minimum absolute atomic E-state index is 0.00638. The molecule has 0 heterocycles. The molecular weight excluding hydrogens is 432 g/mol. The van der Waals surface area contributed by atoms with Crippen LogP contribution in [0.1, 0.15) is 120 Å². The zero-order valence-corrected chi connectivity index (χ0v) is 23.7. The van der Waals surface area contributed by atoms with E-state index in [0.717, 1.165) is 25.5 Å². The van der Waals surface area contributed by atoms with Crippen molar-refractivity contribution in [3.63, 3.8) is 0 Å². The molecule has 0 aliphatic heterocycles. The zero-order chi connectivity index (χ0) is 25.8. The molecule has 0 bridgehead atoms. The van der Waals surface area contributed by atoms with Gasteiger partial charge in [-0.3, -0.25) is 9.59 Å². The molecule has 0 aromatic rings. The third-order valence-electron chi connectivity index (χ3n) is 13.6. The second-order valence-corrected chi connectivity index (χ2v) is 15.7. The first-order chi connectivity index (χ1) is 16.1. The number of rotatable bonds is 1. The summed E-state index contributed by atoms with van der Waals surface area (Å²) in [5.74, 6) is 1.81. The summed E-state index contributed by atoms with van der Waals surface area (Å²) in [5.41, 5.74) is 0.667. The van der Waals surface area contributed by atoms with Gasteiger partial charge in [0.15, 0.2) is 5.78 Å². The Morgan fingerprint density at radius 3 is 2.17 bits per heavy atom. The van der Waals surface area contributed by atoms with Crippen LogP contribution in [0.5, 0.6) is 0 Å². The third-order valence-corrected chi connectivity index (χ3v) is 13.6. The van der Waals surface area contributed by atoms with Crippen molar-refractivity contribution in [2.24, 2.45) is 56.2 Å². The Morgan fingerprint density at radius 2 is 1.54 bits per heavy atom. The number of Topliss-reactive ketones (excluding diaryl/α,β-unsaturated/α-hetero) is 2. The SMILES string of the molecule is CC[C@]12CCC(C)(C)CC1C1C(=O)C[C@@H]3[C@@]4(C)CC(=CO)C(=O)C(C)(C)[C@@H]4CC[C@@]3(C)[C@]1(C)CC2. The van der Waals surface area contributed by atoms with Gasteiger partial charge in [0, 0.05) is 23.3 Å². The van der Waals surface area contributed by atoms with Crippen molar-refractivity contribution in [1.82, 2.24) is 0 Å². The smallest absolute Gasteiger partial charge is 0.167 e. The van der Waals surface area contributed by atoms with Gasteiger partial charge in [-0.05, 0) is 96.2 Å². The van der Waals surface area contributed by atoms with Crippen LogP contribution < -0.4 is 0 Å². The number of ketones is 2. The summed E-state index contributed by atoms with van der Waals surface area (Å²) in [5, 5.41) is 10.0. The minimum atomic E-state index is -0.499. The van der Waals surface area contributed by atoms with Crippen molar-refractivity contribution in [3.8, 4) is 0 Å². The highest BCUT2D eigenvalue weighted by atomic mass is 16.2. The van der Waals surface area contributed by atoms with Gasteiger partial charge in [-0.1, -0.05) is 61.8 Å². The average Bonchev–Trinajstić information content (AvgIpc) is 2.77. The molecular formula is C32H50O3. The van der Waals surface area contributed by atoms with Crippen molar-refractivity contribution in [1.29, 1.82) is 0 Å². The predicted molar refractivity (Wildman–Crippen MR) is 141 cm³/mol. The molecule has 0 saturated heterocycles. The Kier molecular flexibility index (Phi) is 5.45. The van der Waals surface area contributed by atoms with Crippen LogP contribution in [-0.2, 0) is 9.59 Å². The molecule has 1 N–H and O–H groups in total. The lowest BCUT2D eigenvalue weighted by atomic mass is 9.31. The van der Waals surface area contributed by atoms with Crippen LogP contribution in [0.25, 0.3) is 0 Å². The highest BCUT2D eigenvalue weighted by Crippen LogP contribution is 2.76. The normalized spacial score (nSPS) is 51.7. The van der Waals surface area contributed by atoms with Crippen LogP contribution in [0.2, 0.25) is 0 Å². The van der Waals surface area contributed by atoms with Gasteiger partial charge in [0.05, 0.1) is 6.26 Å². The molecule has 0 aromatic carbocycles. The predicted octanol–water partition coefficient (Wildman–Crippen LogP) is 8.08. The van der Waals surface area contributed by atoms with Gasteiger partial charge in [-0.25, -0.2) is 0 Å². The lowest BCUT2D eigenvalue weighted by molar-refractivity contribution is -0.231. The highest BCUT2D eigenvalue weighted by molar-refractivity contribution is 6.00. The summed E-state index contributed by atoms with van der Waals surface area (Å²) in [7, 11) is 0. The van der Waals surface area contributed by atoms with Crippen LogP contribution in [-0.4, -0.2) is 16.7 Å². The first-order valence-corrected chi connectivity index (χ1v) is 14.5. The van der Waals surface area contributed by atoms with Gasteiger partial charge >= 0.3 is 0 Å². The van der Waals surface area contributed by atoms with Gasteiger partial charge in [0.2, 0.25) is 0 Å². The van der Waals surface area contributed by atoms with Gasteiger partial charge in [0.1, 0.15) is 5.78 Å². The molecule has 3 heteroatoms. The molecule has 5 aliphatic carbocycles. The molecule has 0 amide bonds. The monoisotopic (exact) mass is 482 g/mol. The molecule has 196 valence electrons.